The predicted octanol–water partition coefficient (Wildman–Crippen LogP) is 2.08. The minimum atomic E-state index is -0.181. The van der Waals surface area contributed by atoms with E-state index in [2.05, 4.69) is 35.6 Å². The topological polar surface area (TPSA) is 75.4 Å². The van der Waals surface area contributed by atoms with Crippen LogP contribution in [0.5, 0.6) is 0 Å². The molecule has 0 aliphatic carbocycles. The van der Waals surface area contributed by atoms with Crippen molar-refractivity contribution in [2.45, 2.75) is 32.2 Å². The van der Waals surface area contributed by atoms with E-state index in [1.54, 1.807) is 4.90 Å². The second kappa shape index (κ2) is 8.32. The first kappa shape index (κ1) is 18.4. The normalized spacial score (nSPS) is 20.6. The Bertz CT molecular complexity index is 784. The van der Waals surface area contributed by atoms with Gasteiger partial charge in [-0.25, -0.2) is 0 Å². The average Bonchev–Trinajstić information content (AvgIpc) is 2.84. The molecule has 2 aromatic rings. The third-order valence-electron chi connectivity index (χ3n) is 5.17. The number of amides is 2. The Hall–Kier alpha value is -2.40. The third-order valence-corrected chi connectivity index (χ3v) is 5.17. The number of hydrogen-bond donors (Lipinski definition) is 2. The Kier molecular flexibility index (Phi) is 5.89. The first-order valence-corrected chi connectivity index (χ1v) is 9.30. The highest BCUT2D eigenvalue weighted by molar-refractivity contribution is 5.86. The number of carbonyl (C=O) groups is 2. The van der Waals surface area contributed by atoms with Gasteiger partial charge in [0.1, 0.15) is 0 Å². The molecule has 2 amide bonds. The van der Waals surface area contributed by atoms with E-state index in [1.807, 2.05) is 12.1 Å². The summed E-state index contributed by atoms with van der Waals surface area (Å²) in [6.07, 6.45) is 2.28. The van der Waals surface area contributed by atoms with Gasteiger partial charge in [0.2, 0.25) is 11.8 Å². The molecule has 0 saturated carbocycles. The monoisotopic (exact) mass is 353 g/mol. The average molecular weight is 353 g/mol. The minimum absolute atomic E-state index is 0.0177. The van der Waals surface area contributed by atoms with Crippen molar-refractivity contribution in [1.29, 1.82) is 0 Å². The van der Waals surface area contributed by atoms with E-state index in [0.29, 0.717) is 19.6 Å². The van der Waals surface area contributed by atoms with Crippen molar-refractivity contribution >= 4 is 22.6 Å². The Balaban J connectivity index is 1.58. The van der Waals surface area contributed by atoms with Gasteiger partial charge in [-0.05, 0) is 35.6 Å². The molecule has 0 bridgehead atoms. The molecule has 1 fully saturated rings. The van der Waals surface area contributed by atoms with Crippen LogP contribution in [0.15, 0.2) is 42.5 Å². The number of nitrogens with two attached hydrogens (primary N) is 1. The Labute approximate surface area is 154 Å². The number of fused-ring (bicyclic) bond motifs is 1. The van der Waals surface area contributed by atoms with Crippen LogP contribution in [-0.4, -0.2) is 42.4 Å². The van der Waals surface area contributed by atoms with Crippen molar-refractivity contribution in [2.75, 3.05) is 19.6 Å². The Morgan fingerprint density at radius 3 is 2.69 bits per heavy atom. The van der Waals surface area contributed by atoms with Gasteiger partial charge in [-0.3, -0.25) is 9.59 Å². The number of rotatable bonds is 4. The fourth-order valence-corrected chi connectivity index (χ4v) is 3.67. The van der Waals surface area contributed by atoms with Crippen LogP contribution >= 0.6 is 0 Å². The highest BCUT2D eigenvalue weighted by atomic mass is 16.2. The lowest BCUT2D eigenvalue weighted by Gasteiger charge is -2.23. The molecule has 5 heteroatoms. The SMILES string of the molecule is CC(=O)N1C[C@@H](N)CC[C@@H](C(=O)NCCc2cccc3ccccc23)C1. The van der Waals surface area contributed by atoms with E-state index < -0.39 is 0 Å². The van der Waals surface area contributed by atoms with Gasteiger partial charge < -0.3 is 16.0 Å². The number of benzene rings is 2. The summed E-state index contributed by atoms with van der Waals surface area (Å²) in [5, 5.41) is 5.49. The first-order valence-electron chi connectivity index (χ1n) is 9.30. The van der Waals surface area contributed by atoms with Crippen LogP contribution in [0.1, 0.15) is 25.3 Å². The van der Waals surface area contributed by atoms with Gasteiger partial charge in [0.25, 0.3) is 0 Å². The summed E-state index contributed by atoms with van der Waals surface area (Å²) in [6.45, 7) is 3.13. The number of carbonyl (C=O) groups excluding carboxylic acids is 2. The summed E-state index contributed by atoms with van der Waals surface area (Å²) in [4.78, 5) is 26.0. The van der Waals surface area contributed by atoms with Crippen LogP contribution in [0.3, 0.4) is 0 Å². The number of nitrogens with one attached hydrogen (secondary N) is 1. The quantitative estimate of drug-likeness (QED) is 0.884. The Morgan fingerprint density at radius 1 is 1.12 bits per heavy atom. The Morgan fingerprint density at radius 2 is 1.88 bits per heavy atom. The maximum Gasteiger partial charge on any atom is 0.224 e. The van der Waals surface area contributed by atoms with Crippen LogP contribution in [0.25, 0.3) is 10.8 Å². The molecule has 1 aliphatic heterocycles. The molecule has 2 atom stereocenters. The van der Waals surface area contributed by atoms with Crippen LogP contribution in [0.2, 0.25) is 0 Å². The first-order chi connectivity index (χ1) is 12.5. The second-order valence-corrected chi connectivity index (χ2v) is 7.14. The van der Waals surface area contributed by atoms with Crippen LogP contribution < -0.4 is 11.1 Å². The lowest BCUT2D eigenvalue weighted by atomic mass is 10.0. The summed E-state index contributed by atoms with van der Waals surface area (Å²) in [5.41, 5.74) is 7.26. The molecule has 3 rings (SSSR count). The third kappa shape index (κ3) is 4.41. The van der Waals surface area contributed by atoms with E-state index in [9.17, 15) is 9.59 Å². The van der Waals surface area contributed by atoms with Crippen molar-refractivity contribution in [3.05, 3.63) is 48.0 Å². The summed E-state index contributed by atoms with van der Waals surface area (Å²) in [6, 6.07) is 14.5. The summed E-state index contributed by atoms with van der Waals surface area (Å²) < 4.78 is 0. The minimum Gasteiger partial charge on any atom is -0.355 e. The van der Waals surface area contributed by atoms with Crippen molar-refractivity contribution in [3.63, 3.8) is 0 Å². The van der Waals surface area contributed by atoms with Gasteiger partial charge in [-0.2, -0.15) is 0 Å². The van der Waals surface area contributed by atoms with E-state index in [4.69, 9.17) is 5.73 Å². The maximum absolute atomic E-state index is 12.6. The zero-order chi connectivity index (χ0) is 18.5. The van der Waals surface area contributed by atoms with E-state index >= 15 is 0 Å². The summed E-state index contributed by atoms with van der Waals surface area (Å²) in [7, 11) is 0. The fraction of sp³-hybridized carbons (Fsp3) is 0.429. The maximum atomic E-state index is 12.6. The summed E-state index contributed by atoms with van der Waals surface area (Å²) >= 11 is 0. The summed E-state index contributed by atoms with van der Waals surface area (Å²) in [5.74, 6) is -0.179. The molecule has 0 spiro atoms. The lowest BCUT2D eigenvalue weighted by Crippen LogP contribution is -2.42. The zero-order valence-electron chi connectivity index (χ0n) is 15.3. The van der Waals surface area contributed by atoms with Gasteiger partial charge in [-0.1, -0.05) is 42.5 Å². The van der Waals surface area contributed by atoms with Crippen molar-refractivity contribution in [1.82, 2.24) is 10.2 Å². The predicted molar refractivity (Wildman–Crippen MR) is 104 cm³/mol. The standard InChI is InChI=1S/C21H27N3O2/c1-15(25)24-13-18(9-10-19(22)14-24)21(26)23-12-11-17-7-4-6-16-5-2-3-8-20(16)17/h2-8,18-19H,9-14,22H2,1H3,(H,23,26)/t18-,19+/m1/s1. The number of likely N-dealkylation sites (tertiary alicyclic amines) is 1. The highest BCUT2D eigenvalue weighted by Gasteiger charge is 2.28. The van der Waals surface area contributed by atoms with Crippen molar-refractivity contribution in [3.8, 4) is 0 Å². The molecule has 0 aromatic heterocycles. The van der Waals surface area contributed by atoms with Crippen LogP contribution in [-0.2, 0) is 16.0 Å². The van der Waals surface area contributed by atoms with Gasteiger partial charge in [0.05, 0.1) is 5.92 Å². The highest BCUT2D eigenvalue weighted by Crippen LogP contribution is 2.19. The zero-order valence-corrected chi connectivity index (χ0v) is 15.3. The van der Waals surface area contributed by atoms with Gasteiger partial charge in [0, 0.05) is 32.6 Å². The molecule has 3 N–H and O–H groups in total. The molecule has 2 aromatic carbocycles. The molecular weight excluding hydrogens is 326 g/mol. The molecule has 1 saturated heterocycles. The fourth-order valence-electron chi connectivity index (χ4n) is 3.67. The van der Waals surface area contributed by atoms with Crippen molar-refractivity contribution in [2.24, 2.45) is 11.7 Å². The van der Waals surface area contributed by atoms with E-state index in [-0.39, 0.29) is 23.8 Å². The van der Waals surface area contributed by atoms with Crippen molar-refractivity contribution < 1.29 is 9.59 Å². The number of hydrogen-bond acceptors (Lipinski definition) is 3. The smallest absolute Gasteiger partial charge is 0.224 e. The second-order valence-electron chi connectivity index (χ2n) is 7.14. The van der Waals surface area contributed by atoms with Gasteiger partial charge in [-0.15, -0.1) is 0 Å². The van der Waals surface area contributed by atoms with Gasteiger partial charge >= 0.3 is 0 Å². The number of nitrogens with zero attached hydrogens (tertiary/aromatic N) is 1. The van der Waals surface area contributed by atoms with Gasteiger partial charge in [0.15, 0.2) is 0 Å². The molecule has 5 nitrogen and oxygen atoms in total. The van der Waals surface area contributed by atoms with Crippen LogP contribution in [0.4, 0.5) is 0 Å². The van der Waals surface area contributed by atoms with E-state index in [1.165, 1.54) is 23.3 Å². The largest absolute Gasteiger partial charge is 0.355 e. The van der Waals surface area contributed by atoms with E-state index in [0.717, 1.165) is 19.3 Å². The lowest BCUT2D eigenvalue weighted by molar-refractivity contribution is -0.131. The molecule has 0 radical (unpaired) electrons. The molecule has 1 aliphatic rings. The molecule has 138 valence electrons. The molecule has 0 unspecified atom stereocenters. The molecule has 1 heterocycles. The molecular formula is C21H27N3O2. The molecule has 26 heavy (non-hydrogen) atoms. The van der Waals surface area contributed by atoms with Crippen LogP contribution in [0, 0.1) is 5.92 Å².